The first kappa shape index (κ1) is 14.6. The molecule has 1 aromatic carbocycles. The maximum atomic E-state index is 13.2. The molecule has 114 valence electrons. The summed E-state index contributed by atoms with van der Waals surface area (Å²) in [5.41, 5.74) is -0.0274. The highest BCUT2D eigenvalue weighted by molar-refractivity contribution is 5.70. The predicted molar refractivity (Wildman–Crippen MR) is 73.2 cm³/mol. The van der Waals surface area contributed by atoms with Gasteiger partial charge in [-0.2, -0.15) is 13.2 Å². The standard InChI is InChI=1S/C16H17F4N/c1-21-12-3-2-4-13(21)8-10(7-12)14-6-5-11(17)9-15(14)16(18,19)20/h5-7,9,12-13H,2-4,8H2,1H3. The number of nitrogens with zero attached hydrogens (tertiary/aromatic N) is 1. The Kier molecular flexibility index (Phi) is 3.56. The molecule has 0 amide bonds. The highest BCUT2D eigenvalue weighted by Crippen LogP contribution is 2.41. The first-order chi connectivity index (χ1) is 9.86. The van der Waals surface area contributed by atoms with E-state index < -0.39 is 17.6 Å². The zero-order valence-corrected chi connectivity index (χ0v) is 11.8. The molecule has 2 atom stereocenters. The summed E-state index contributed by atoms with van der Waals surface area (Å²) < 4.78 is 52.6. The fraction of sp³-hybridized carbons (Fsp3) is 0.500. The normalized spacial score (nSPS) is 26.6. The molecule has 2 heterocycles. The minimum atomic E-state index is -4.53. The third-order valence-corrected chi connectivity index (χ3v) is 4.62. The van der Waals surface area contributed by atoms with Crippen LogP contribution in [0.2, 0.25) is 0 Å². The van der Waals surface area contributed by atoms with Crippen LogP contribution in [0.25, 0.3) is 5.57 Å². The molecule has 1 saturated heterocycles. The summed E-state index contributed by atoms with van der Waals surface area (Å²) in [4.78, 5) is 2.24. The quantitative estimate of drug-likeness (QED) is 0.691. The second-order valence-electron chi connectivity index (χ2n) is 5.90. The first-order valence-corrected chi connectivity index (χ1v) is 7.16. The predicted octanol–water partition coefficient (Wildman–Crippen LogP) is 4.48. The van der Waals surface area contributed by atoms with E-state index in [2.05, 4.69) is 4.90 Å². The fourth-order valence-electron chi connectivity index (χ4n) is 3.47. The molecule has 1 aromatic rings. The Hall–Kier alpha value is -1.36. The summed E-state index contributed by atoms with van der Waals surface area (Å²) in [7, 11) is 2.02. The van der Waals surface area contributed by atoms with Gasteiger partial charge in [-0.25, -0.2) is 4.39 Å². The second kappa shape index (κ2) is 5.13. The Labute approximate surface area is 121 Å². The summed E-state index contributed by atoms with van der Waals surface area (Å²) in [6.07, 6.45) is 1.08. The lowest BCUT2D eigenvalue weighted by Crippen LogP contribution is -2.45. The van der Waals surface area contributed by atoms with Gasteiger partial charge < -0.3 is 0 Å². The highest BCUT2D eigenvalue weighted by atomic mass is 19.4. The summed E-state index contributed by atoms with van der Waals surface area (Å²) in [6.45, 7) is 0. The van der Waals surface area contributed by atoms with Gasteiger partial charge in [0.2, 0.25) is 0 Å². The molecular formula is C16H17F4N. The number of likely N-dealkylation sites (N-methyl/N-ethyl adjacent to an activating group) is 1. The van der Waals surface area contributed by atoms with Crippen molar-refractivity contribution in [3.8, 4) is 0 Å². The van der Waals surface area contributed by atoms with Crippen LogP contribution in [0.4, 0.5) is 17.6 Å². The SMILES string of the molecule is CN1C2C=C(c3ccc(F)cc3C(F)(F)F)CC1CCC2. The van der Waals surface area contributed by atoms with Gasteiger partial charge in [-0.3, -0.25) is 4.90 Å². The zero-order valence-electron chi connectivity index (χ0n) is 11.8. The van der Waals surface area contributed by atoms with Gasteiger partial charge in [-0.15, -0.1) is 0 Å². The second-order valence-corrected chi connectivity index (χ2v) is 5.90. The molecule has 1 fully saturated rings. The van der Waals surface area contributed by atoms with Crippen LogP contribution in [0, 0.1) is 5.82 Å². The van der Waals surface area contributed by atoms with Crippen molar-refractivity contribution in [3.05, 3.63) is 41.2 Å². The van der Waals surface area contributed by atoms with Crippen molar-refractivity contribution in [1.82, 2.24) is 4.90 Å². The van der Waals surface area contributed by atoms with Crippen molar-refractivity contribution >= 4 is 5.57 Å². The monoisotopic (exact) mass is 299 g/mol. The maximum absolute atomic E-state index is 13.2. The van der Waals surface area contributed by atoms with Crippen molar-refractivity contribution in [2.24, 2.45) is 0 Å². The number of rotatable bonds is 1. The number of piperidine rings is 1. The third kappa shape index (κ3) is 2.71. The molecular weight excluding hydrogens is 282 g/mol. The Morgan fingerprint density at radius 1 is 1.19 bits per heavy atom. The van der Waals surface area contributed by atoms with Gasteiger partial charge in [0.1, 0.15) is 5.82 Å². The first-order valence-electron chi connectivity index (χ1n) is 7.16. The van der Waals surface area contributed by atoms with Gasteiger partial charge in [0.05, 0.1) is 5.56 Å². The molecule has 2 unspecified atom stereocenters. The van der Waals surface area contributed by atoms with Crippen molar-refractivity contribution in [2.75, 3.05) is 7.05 Å². The van der Waals surface area contributed by atoms with Crippen LogP contribution < -0.4 is 0 Å². The van der Waals surface area contributed by atoms with Crippen molar-refractivity contribution in [1.29, 1.82) is 0 Å². The molecule has 2 bridgehead atoms. The number of alkyl halides is 3. The van der Waals surface area contributed by atoms with E-state index >= 15 is 0 Å². The minimum Gasteiger partial charge on any atom is -0.297 e. The van der Waals surface area contributed by atoms with Gasteiger partial charge in [0, 0.05) is 12.1 Å². The van der Waals surface area contributed by atoms with Gasteiger partial charge in [-0.1, -0.05) is 18.6 Å². The number of halogens is 4. The van der Waals surface area contributed by atoms with E-state index in [-0.39, 0.29) is 17.6 Å². The Morgan fingerprint density at radius 3 is 2.62 bits per heavy atom. The lowest BCUT2D eigenvalue weighted by Gasteiger charge is -2.43. The lowest BCUT2D eigenvalue weighted by atomic mass is 9.82. The van der Waals surface area contributed by atoms with Crippen LogP contribution >= 0.6 is 0 Å². The highest BCUT2D eigenvalue weighted by Gasteiger charge is 2.37. The lowest BCUT2D eigenvalue weighted by molar-refractivity contribution is -0.138. The van der Waals surface area contributed by atoms with Crippen LogP contribution in [0.1, 0.15) is 36.8 Å². The molecule has 3 rings (SSSR count). The van der Waals surface area contributed by atoms with E-state index in [9.17, 15) is 17.6 Å². The number of fused-ring (bicyclic) bond motifs is 2. The fourth-order valence-corrected chi connectivity index (χ4v) is 3.47. The van der Waals surface area contributed by atoms with E-state index in [1.54, 1.807) is 0 Å². The molecule has 5 heteroatoms. The van der Waals surface area contributed by atoms with Crippen LogP contribution in [0.15, 0.2) is 24.3 Å². The summed E-state index contributed by atoms with van der Waals surface area (Å²) in [6, 6.07) is 3.46. The molecule has 1 nitrogen and oxygen atoms in total. The van der Waals surface area contributed by atoms with E-state index in [1.807, 2.05) is 13.1 Å². The minimum absolute atomic E-state index is 0.133. The average molecular weight is 299 g/mol. The third-order valence-electron chi connectivity index (χ3n) is 4.62. The molecule has 0 aliphatic carbocycles. The van der Waals surface area contributed by atoms with Crippen LogP contribution in [0.3, 0.4) is 0 Å². The van der Waals surface area contributed by atoms with Crippen molar-refractivity contribution in [2.45, 2.75) is 43.9 Å². The molecule has 0 N–H and O–H groups in total. The maximum Gasteiger partial charge on any atom is 0.417 e. The van der Waals surface area contributed by atoms with Crippen LogP contribution in [-0.2, 0) is 6.18 Å². The van der Waals surface area contributed by atoms with Gasteiger partial charge in [0.15, 0.2) is 0 Å². The van der Waals surface area contributed by atoms with E-state index in [4.69, 9.17) is 0 Å². The van der Waals surface area contributed by atoms with Crippen LogP contribution in [-0.4, -0.2) is 24.0 Å². The molecule has 2 aliphatic rings. The number of hydrogen-bond donors (Lipinski definition) is 0. The molecule has 2 aliphatic heterocycles. The summed E-state index contributed by atoms with van der Waals surface area (Å²) >= 11 is 0. The zero-order chi connectivity index (χ0) is 15.2. The molecule has 0 saturated carbocycles. The van der Waals surface area contributed by atoms with Gasteiger partial charge in [0.25, 0.3) is 0 Å². The number of benzene rings is 1. The Morgan fingerprint density at radius 2 is 1.95 bits per heavy atom. The number of hydrogen-bond acceptors (Lipinski definition) is 1. The van der Waals surface area contributed by atoms with E-state index in [0.717, 1.165) is 25.3 Å². The Balaban J connectivity index is 2.05. The van der Waals surface area contributed by atoms with Gasteiger partial charge in [-0.05, 0) is 49.6 Å². The van der Waals surface area contributed by atoms with E-state index in [1.165, 1.54) is 6.07 Å². The molecule has 0 aromatic heterocycles. The van der Waals surface area contributed by atoms with Crippen molar-refractivity contribution < 1.29 is 17.6 Å². The van der Waals surface area contributed by atoms with Crippen LogP contribution in [0.5, 0.6) is 0 Å². The average Bonchev–Trinajstić information content (AvgIpc) is 2.37. The summed E-state index contributed by atoms with van der Waals surface area (Å²) in [5.74, 6) is -0.847. The Bertz CT molecular complexity index is 576. The van der Waals surface area contributed by atoms with Crippen molar-refractivity contribution in [3.63, 3.8) is 0 Å². The molecule has 21 heavy (non-hydrogen) atoms. The topological polar surface area (TPSA) is 3.24 Å². The molecule has 0 radical (unpaired) electrons. The largest absolute Gasteiger partial charge is 0.417 e. The smallest absolute Gasteiger partial charge is 0.297 e. The summed E-state index contributed by atoms with van der Waals surface area (Å²) in [5, 5.41) is 0. The van der Waals surface area contributed by atoms with Gasteiger partial charge >= 0.3 is 6.18 Å². The molecule has 0 spiro atoms. The van der Waals surface area contributed by atoms with E-state index in [0.29, 0.717) is 18.1 Å².